The summed E-state index contributed by atoms with van der Waals surface area (Å²) in [6, 6.07) is 0. The summed E-state index contributed by atoms with van der Waals surface area (Å²) in [6.45, 7) is 9.15. The lowest BCUT2D eigenvalue weighted by Crippen LogP contribution is -2.50. The lowest BCUT2D eigenvalue weighted by Gasteiger charge is -2.36. The SMILES string of the molecule is CN1CCC[C@]1(C)C(=O)C(C)(C)C. The average molecular weight is 183 g/mol. The molecule has 2 heteroatoms. The molecule has 1 heterocycles. The van der Waals surface area contributed by atoms with Gasteiger partial charge in [-0.15, -0.1) is 0 Å². The van der Waals surface area contributed by atoms with Crippen LogP contribution in [0, 0.1) is 5.41 Å². The van der Waals surface area contributed by atoms with Crippen LogP contribution in [-0.4, -0.2) is 29.8 Å². The van der Waals surface area contributed by atoms with E-state index in [0.717, 1.165) is 19.4 Å². The quantitative estimate of drug-likeness (QED) is 0.620. The molecule has 1 fully saturated rings. The molecule has 1 aliphatic heterocycles. The molecule has 1 rings (SSSR count). The number of likely N-dealkylation sites (tertiary alicyclic amines) is 1. The maximum atomic E-state index is 12.2. The van der Waals surface area contributed by atoms with Crippen molar-refractivity contribution in [3.05, 3.63) is 0 Å². The molecule has 1 saturated heterocycles. The van der Waals surface area contributed by atoms with Crippen LogP contribution in [0.5, 0.6) is 0 Å². The van der Waals surface area contributed by atoms with E-state index >= 15 is 0 Å². The first-order valence-electron chi connectivity index (χ1n) is 5.04. The van der Waals surface area contributed by atoms with Gasteiger partial charge in [-0.1, -0.05) is 20.8 Å². The highest BCUT2D eigenvalue weighted by atomic mass is 16.1. The number of carbonyl (C=O) groups excluding carboxylic acids is 1. The summed E-state index contributed by atoms with van der Waals surface area (Å²) >= 11 is 0. The summed E-state index contributed by atoms with van der Waals surface area (Å²) in [5, 5.41) is 0. The van der Waals surface area contributed by atoms with E-state index in [2.05, 4.69) is 18.9 Å². The number of Topliss-reactive ketones (excluding diaryl/α,β-unsaturated/α-hetero) is 1. The third-order valence-electron chi connectivity index (χ3n) is 3.17. The van der Waals surface area contributed by atoms with Crippen molar-refractivity contribution in [3.63, 3.8) is 0 Å². The minimum atomic E-state index is -0.215. The molecule has 0 bridgehead atoms. The Labute approximate surface area is 81.3 Å². The van der Waals surface area contributed by atoms with E-state index in [1.54, 1.807) is 0 Å². The van der Waals surface area contributed by atoms with Crippen LogP contribution in [0.2, 0.25) is 0 Å². The van der Waals surface area contributed by atoms with Crippen molar-refractivity contribution in [2.45, 2.75) is 46.1 Å². The Bertz CT molecular complexity index is 217. The van der Waals surface area contributed by atoms with Crippen LogP contribution in [0.4, 0.5) is 0 Å². The normalized spacial score (nSPS) is 30.8. The second-order valence-electron chi connectivity index (χ2n) is 5.38. The van der Waals surface area contributed by atoms with E-state index in [1.807, 2.05) is 20.8 Å². The van der Waals surface area contributed by atoms with Crippen molar-refractivity contribution < 1.29 is 4.79 Å². The predicted octanol–water partition coefficient (Wildman–Crippen LogP) is 2.09. The summed E-state index contributed by atoms with van der Waals surface area (Å²) in [5.41, 5.74) is -0.425. The van der Waals surface area contributed by atoms with Crippen LogP contribution in [0.1, 0.15) is 40.5 Å². The zero-order valence-corrected chi connectivity index (χ0v) is 9.48. The van der Waals surface area contributed by atoms with E-state index < -0.39 is 0 Å². The Hall–Kier alpha value is -0.370. The van der Waals surface area contributed by atoms with E-state index in [0.29, 0.717) is 5.78 Å². The van der Waals surface area contributed by atoms with Crippen LogP contribution >= 0.6 is 0 Å². The van der Waals surface area contributed by atoms with Gasteiger partial charge >= 0.3 is 0 Å². The number of rotatable bonds is 1. The topological polar surface area (TPSA) is 20.3 Å². The van der Waals surface area contributed by atoms with Gasteiger partial charge in [-0.25, -0.2) is 0 Å². The van der Waals surface area contributed by atoms with Gasteiger partial charge in [-0.05, 0) is 33.4 Å². The molecule has 0 aromatic heterocycles. The molecule has 0 saturated carbocycles. The van der Waals surface area contributed by atoms with Crippen LogP contribution in [0.3, 0.4) is 0 Å². The molecule has 2 nitrogen and oxygen atoms in total. The highest BCUT2D eigenvalue weighted by Gasteiger charge is 2.45. The van der Waals surface area contributed by atoms with E-state index in [-0.39, 0.29) is 11.0 Å². The molecular formula is C11H21NO. The number of nitrogens with zero attached hydrogens (tertiary/aromatic N) is 1. The minimum absolute atomic E-state index is 0.210. The molecule has 0 aromatic rings. The molecule has 13 heavy (non-hydrogen) atoms. The van der Waals surface area contributed by atoms with Crippen molar-refractivity contribution in [2.24, 2.45) is 5.41 Å². The lowest BCUT2D eigenvalue weighted by atomic mass is 9.78. The molecule has 1 atom stereocenters. The fourth-order valence-corrected chi connectivity index (χ4v) is 2.19. The van der Waals surface area contributed by atoms with Gasteiger partial charge in [0.05, 0.1) is 5.54 Å². The van der Waals surface area contributed by atoms with Gasteiger partial charge in [0.2, 0.25) is 0 Å². The molecule has 0 N–H and O–H groups in total. The summed E-state index contributed by atoms with van der Waals surface area (Å²) < 4.78 is 0. The van der Waals surface area contributed by atoms with Gasteiger partial charge in [-0.3, -0.25) is 9.69 Å². The fraction of sp³-hybridized carbons (Fsp3) is 0.909. The lowest BCUT2D eigenvalue weighted by molar-refractivity contribution is -0.135. The van der Waals surface area contributed by atoms with E-state index in [1.165, 1.54) is 0 Å². The van der Waals surface area contributed by atoms with Crippen molar-refractivity contribution >= 4 is 5.78 Å². The summed E-state index contributed by atoms with van der Waals surface area (Å²) in [6.07, 6.45) is 2.16. The zero-order chi connectivity index (χ0) is 10.3. The first kappa shape index (κ1) is 10.7. The maximum Gasteiger partial charge on any atom is 0.158 e. The number of ketones is 1. The standard InChI is InChI=1S/C11H21NO/c1-10(2,3)9(13)11(4)7-6-8-12(11)5/h6-8H2,1-5H3/t11-/m1/s1. The van der Waals surface area contributed by atoms with Crippen molar-refractivity contribution in [1.29, 1.82) is 0 Å². The number of hydrogen-bond donors (Lipinski definition) is 0. The van der Waals surface area contributed by atoms with Gasteiger partial charge in [0.15, 0.2) is 5.78 Å². The largest absolute Gasteiger partial charge is 0.297 e. The van der Waals surface area contributed by atoms with Crippen molar-refractivity contribution in [1.82, 2.24) is 4.90 Å². The maximum absolute atomic E-state index is 12.2. The molecule has 0 radical (unpaired) electrons. The molecule has 0 amide bonds. The second kappa shape index (κ2) is 3.09. The fourth-order valence-electron chi connectivity index (χ4n) is 2.19. The Morgan fingerprint density at radius 2 is 1.92 bits per heavy atom. The molecule has 1 aliphatic rings. The van der Waals surface area contributed by atoms with Crippen LogP contribution in [-0.2, 0) is 4.79 Å². The van der Waals surface area contributed by atoms with Crippen molar-refractivity contribution in [2.75, 3.05) is 13.6 Å². The number of hydrogen-bond acceptors (Lipinski definition) is 2. The second-order valence-corrected chi connectivity index (χ2v) is 5.38. The molecule has 0 spiro atoms. The van der Waals surface area contributed by atoms with E-state index in [9.17, 15) is 4.79 Å². The highest BCUT2D eigenvalue weighted by molar-refractivity contribution is 5.92. The molecule has 0 unspecified atom stereocenters. The summed E-state index contributed by atoms with van der Waals surface area (Å²) in [4.78, 5) is 14.4. The first-order chi connectivity index (χ1) is 5.78. The van der Waals surface area contributed by atoms with Gasteiger partial charge in [0, 0.05) is 5.41 Å². The Balaban J connectivity index is 2.87. The Kier molecular flexibility index (Phi) is 2.54. The van der Waals surface area contributed by atoms with E-state index in [4.69, 9.17) is 0 Å². The monoisotopic (exact) mass is 183 g/mol. The molecule has 76 valence electrons. The Morgan fingerprint density at radius 3 is 2.23 bits per heavy atom. The van der Waals surface area contributed by atoms with Crippen molar-refractivity contribution in [3.8, 4) is 0 Å². The smallest absolute Gasteiger partial charge is 0.158 e. The Morgan fingerprint density at radius 1 is 1.38 bits per heavy atom. The average Bonchev–Trinajstić information content (AvgIpc) is 2.30. The molecule has 0 aromatic carbocycles. The minimum Gasteiger partial charge on any atom is -0.297 e. The predicted molar refractivity (Wildman–Crippen MR) is 54.7 cm³/mol. The van der Waals surface area contributed by atoms with Crippen LogP contribution < -0.4 is 0 Å². The third-order valence-corrected chi connectivity index (χ3v) is 3.17. The van der Waals surface area contributed by atoms with Crippen LogP contribution in [0.25, 0.3) is 0 Å². The summed E-state index contributed by atoms with van der Waals surface area (Å²) in [5.74, 6) is 0.375. The number of likely N-dealkylation sites (N-methyl/N-ethyl adjacent to an activating group) is 1. The zero-order valence-electron chi connectivity index (χ0n) is 9.48. The van der Waals surface area contributed by atoms with Crippen LogP contribution in [0.15, 0.2) is 0 Å². The highest BCUT2D eigenvalue weighted by Crippen LogP contribution is 2.34. The molecule has 0 aliphatic carbocycles. The molecular weight excluding hydrogens is 162 g/mol. The van der Waals surface area contributed by atoms with Gasteiger partial charge in [-0.2, -0.15) is 0 Å². The summed E-state index contributed by atoms with van der Waals surface area (Å²) in [7, 11) is 2.05. The van der Waals surface area contributed by atoms with Gasteiger partial charge in [0.25, 0.3) is 0 Å². The number of carbonyl (C=O) groups is 1. The first-order valence-corrected chi connectivity index (χ1v) is 5.04. The van der Waals surface area contributed by atoms with Gasteiger partial charge in [0.1, 0.15) is 0 Å². The third kappa shape index (κ3) is 1.78. The van der Waals surface area contributed by atoms with Gasteiger partial charge < -0.3 is 0 Å².